The summed E-state index contributed by atoms with van der Waals surface area (Å²) in [5, 5.41) is 0. The Morgan fingerprint density at radius 3 is 2.80 bits per heavy atom. The molecule has 0 unspecified atom stereocenters. The first-order chi connectivity index (χ1) is 9.81. The first kappa shape index (κ1) is 15.2. The lowest BCUT2D eigenvalue weighted by Gasteiger charge is -2.21. The highest BCUT2D eigenvalue weighted by Crippen LogP contribution is 2.11. The van der Waals surface area contributed by atoms with Crippen LogP contribution in [0.2, 0.25) is 0 Å². The predicted octanol–water partition coefficient (Wildman–Crippen LogP) is 0.947. The van der Waals surface area contributed by atoms with Crippen LogP contribution in [-0.4, -0.2) is 61.2 Å². The van der Waals surface area contributed by atoms with Crippen LogP contribution in [0.5, 0.6) is 5.88 Å². The summed E-state index contributed by atoms with van der Waals surface area (Å²) < 4.78 is 5.18. The van der Waals surface area contributed by atoms with Crippen molar-refractivity contribution in [3.05, 3.63) is 23.9 Å². The maximum Gasteiger partial charge on any atom is 0.213 e. The number of hydrogen-bond acceptors (Lipinski definition) is 5. The van der Waals surface area contributed by atoms with E-state index in [0.717, 1.165) is 51.4 Å². The minimum atomic E-state index is 0.696. The molecule has 5 nitrogen and oxygen atoms in total. The molecule has 2 N–H and O–H groups in total. The molecule has 112 valence electrons. The molecule has 1 aliphatic rings. The van der Waals surface area contributed by atoms with Crippen molar-refractivity contribution in [3.63, 3.8) is 0 Å². The second-order valence-electron chi connectivity index (χ2n) is 5.28. The Labute approximate surface area is 121 Å². The number of ether oxygens (including phenoxy) is 1. The topological polar surface area (TPSA) is 54.6 Å². The molecule has 0 saturated carbocycles. The van der Waals surface area contributed by atoms with E-state index < -0.39 is 0 Å². The van der Waals surface area contributed by atoms with Crippen molar-refractivity contribution >= 4 is 0 Å². The average Bonchev–Trinajstić information content (AvgIpc) is 2.71. The molecule has 5 heteroatoms. The Hall–Kier alpha value is -1.17. The van der Waals surface area contributed by atoms with Gasteiger partial charge in [-0.15, -0.1) is 0 Å². The Morgan fingerprint density at radius 1 is 1.20 bits per heavy atom. The van der Waals surface area contributed by atoms with Gasteiger partial charge in [0.25, 0.3) is 0 Å². The van der Waals surface area contributed by atoms with E-state index in [-0.39, 0.29) is 0 Å². The third-order valence-corrected chi connectivity index (χ3v) is 3.74. The zero-order valence-electron chi connectivity index (χ0n) is 12.4. The maximum absolute atomic E-state index is 5.58. The third-order valence-electron chi connectivity index (χ3n) is 3.74. The second kappa shape index (κ2) is 8.19. The van der Waals surface area contributed by atoms with Crippen molar-refractivity contribution in [1.82, 2.24) is 14.8 Å². The largest absolute Gasteiger partial charge is 0.481 e. The Kier molecular flexibility index (Phi) is 6.24. The van der Waals surface area contributed by atoms with Gasteiger partial charge in [0, 0.05) is 25.7 Å². The first-order valence-electron chi connectivity index (χ1n) is 7.46. The van der Waals surface area contributed by atoms with Crippen LogP contribution in [-0.2, 0) is 6.54 Å². The summed E-state index contributed by atoms with van der Waals surface area (Å²) in [6.45, 7) is 7.37. The minimum absolute atomic E-state index is 0.696. The van der Waals surface area contributed by atoms with Gasteiger partial charge >= 0.3 is 0 Å². The van der Waals surface area contributed by atoms with Crippen LogP contribution in [0.1, 0.15) is 18.5 Å². The number of nitrogens with zero attached hydrogens (tertiary/aromatic N) is 3. The quantitative estimate of drug-likeness (QED) is 0.839. The molecule has 0 aromatic carbocycles. The van der Waals surface area contributed by atoms with Gasteiger partial charge in [0.15, 0.2) is 0 Å². The van der Waals surface area contributed by atoms with Crippen LogP contribution >= 0.6 is 0 Å². The summed E-state index contributed by atoms with van der Waals surface area (Å²) in [4.78, 5) is 9.49. The van der Waals surface area contributed by atoms with E-state index in [1.165, 1.54) is 13.0 Å². The van der Waals surface area contributed by atoms with Gasteiger partial charge in [-0.05, 0) is 45.1 Å². The van der Waals surface area contributed by atoms with Gasteiger partial charge in [-0.2, -0.15) is 0 Å². The summed E-state index contributed by atoms with van der Waals surface area (Å²) >= 11 is 0. The van der Waals surface area contributed by atoms with Crippen LogP contribution in [0.25, 0.3) is 0 Å². The summed E-state index contributed by atoms with van der Waals surface area (Å²) in [7, 11) is 1.66. The van der Waals surface area contributed by atoms with Crippen molar-refractivity contribution in [1.29, 1.82) is 0 Å². The fraction of sp³-hybridized carbons (Fsp3) is 0.667. The highest BCUT2D eigenvalue weighted by molar-refractivity contribution is 5.15. The fourth-order valence-corrected chi connectivity index (χ4v) is 2.61. The smallest absolute Gasteiger partial charge is 0.213 e. The number of aromatic nitrogens is 1. The van der Waals surface area contributed by atoms with Crippen molar-refractivity contribution < 1.29 is 4.74 Å². The summed E-state index contributed by atoms with van der Waals surface area (Å²) in [6, 6.07) is 5.96. The van der Waals surface area contributed by atoms with Crippen molar-refractivity contribution in [2.24, 2.45) is 5.73 Å². The Bertz CT molecular complexity index is 399. The van der Waals surface area contributed by atoms with Gasteiger partial charge in [-0.25, -0.2) is 4.98 Å². The molecule has 0 amide bonds. The highest BCUT2D eigenvalue weighted by Gasteiger charge is 2.15. The molecule has 1 saturated heterocycles. The van der Waals surface area contributed by atoms with E-state index in [9.17, 15) is 0 Å². The summed E-state index contributed by atoms with van der Waals surface area (Å²) in [5.41, 5.74) is 6.67. The van der Waals surface area contributed by atoms with Gasteiger partial charge in [0.1, 0.15) is 0 Å². The molecule has 2 rings (SSSR count). The number of hydrogen-bond donors (Lipinski definition) is 1. The molecule has 0 spiro atoms. The van der Waals surface area contributed by atoms with E-state index in [4.69, 9.17) is 10.5 Å². The van der Waals surface area contributed by atoms with E-state index in [0.29, 0.717) is 5.88 Å². The van der Waals surface area contributed by atoms with Crippen molar-refractivity contribution in [2.75, 3.05) is 46.4 Å². The molecule has 1 aromatic heterocycles. The van der Waals surface area contributed by atoms with Crippen molar-refractivity contribution in [2.45, 2.75) is 19.4 Å². The number of methoxy groups -OCH3 is 1. The molecule has 0 bridgehead atoms. The zero-order chi connectivity index (χ0) is 14.2. The van der Waals surface area contributed by atoms with E-state index in [2.05, 4.69) is 20.9 Å². The standard InChI is InChI=1S/C15H26N4O/c1-20-15-6-2-5-14(17-15)13-19-10-4-9-18(11-12-19)8-3-7-16/h2,5-6H,3-4,7-13,16H2,1H3. The number of pyridine rings is 1. The number of nitrogens with two attached hydrogens (primary N) is 1. The molecule has 1 aromatic rings. The molecule has 0 atom stereocenters. The lowest BCUT2D eigenvalue weighted by molar-refractivity contribution is 0.248. The van der Waals surface area contributed by atoms with Crippen LogP contribution in [0.3, 0.4) is 0 Å². The summed E-state index contributed by atoms with van der Waals surface area (Å²) in [5.74, 6) is 0.696. The molecule has 20 heavy (non-hydrogen) atoms. The molecular weight excluding hydrogens is 252 g/mol. The minimum Gasteiger partial charge on any atom is -0.481 e. The fourth-order valence-electron chi connectivity index (χ4n) is 2.61. The molecule has 2 heterocycles. The molecular formula is C15H26N4O. The van der Waals surface area contributed by atoms with Crippen LogP contribution in [0.15, 0.2) is 18.2 Å². The van der Waals surface area contributed by atoms with Gasteiger partial charge in [-0.1, -0.05) is 6.07 Å². The Balaban J connectivity index is 1.84. The maximum atomic E-state index is 5.58. The van der Waals surface area contributed by atoms with Crippen LogP contribution in [0, 0.1) is 0 Å². The van der Waals surface area contributed by atoms with Crippen LogP contribution in [0.4, 0.5) is 0 Å². The molecule has 1 fully saturated rings. The number of rotatable bonds is 6. The van der Waals surface area contributed by atoms with Gasteiger partial charge in [0.05, 0.1) is 12.8 Å². The molecule has 0 radical (unpaired) electrons. The molecule has 0 aliphatic carbocycles. The monoisotopic (exact) mass is 278 g/mol. The van der Waals surface area contributed by atoms with Crippen LogP contribution < -0.4 is 10.5 Å². The second-order valence-corrected chi connectivity index (χ2v) is 5.28. The van der Waals surface area contributed by atoms with E-state index in [1.807, 2.05) is 12.1 Å². The summed E-state index contributed by atoms with van der Waals surface area (Å²) in [6.07, 6.45) is 2.31. The Morgan fingerprint density at radius 2 is 2.00 bits per heavy atom. The van der Waals surface area contributed by atoms with Gasteiger partial charge < -0.3 is 15.4 Å². The predicted molar refractivity (Wildman–Crippen MR) is 80.8 cm³/mol. The lowest BCUT2D eigenvalue weighted by Crippen LogP contribution is -2.32. The van der Waals surface area contributed by atoms with E-state index >= 15 is 0 Å². The van der Waals surface area contributed by atoms with Gasteiger partial charge in [0.2, 0.25) is 5.88 Å². The SMILES string of the molecule is COc1cccc(CN2CCCN(CCCN)CC2)n1. The normalized spacial score (nSPS) is 17.9. The van der Waals surface area contributed by atoms with E-state index in [1.54, 1.807) is 7.11 Å². The third kappa shape index (κ3) is 4.74. The average molecular weight is 278 g/mol. The lowest BCUT2D eigenvalue weighted by atomic mass is 10.3. The molecule has 1 aliphatic heterocycles. The van der Waals surface area contributed by atoms with Crippen molar-refractivity contribution in [3.8, 4) is 5.88 Å². The first-order valence-corrected chi connectivity index (χ1v) is 7.46. The van der Waals surface area contributed by atoms with Gasteiger partial charge in [-0.3, -0.25) is 4.90 Å². The highest BCUT2D eigenvalue weighted by atomic mass is 16.5. The zero-order valence-corrected chi connectivity index (χ0v) is 12.4.